The van der Waals surface area contributed by atoms with E-state index in [1.165, 1.54) is 6.07 Å². The molecule has 1 aromatic carbocycles. The number of nitrogens with two attached hydrogens (primary N) is 1. The zero-order valence-corrected chi connectivity index (χ0v) is 10.7. The van der Waals surface area contributed by atoms with Gasteiger partial charge in [-0.3, -0.25) is 4.79 Å². The van der Waals surface area contributed by atoms with Crippen molar-refractivity contribution in [2.24, 2.45) is 0 Å². The predicted molar refractivity (Wildman–Crippen MR) is 70.7 cm³/mol. The number of anilines is 2. The number of carbonyl (C=O) groups is 1. The van der Waals surface area contributed by atoms with Gasteiger partial charge in [-0.1, -0.05) is 0 Å². The summed E-state index contributed by atoms with van der Waals surface area (Å²) in [5.41, 5.74) is 5.81. The highest BCUT2D eigenvalue weighted by molar-refractivity contribution is 9.10. The maximum absolute atomic E-state index is 13.1. The maximum atomic E-state index is 13.1. The Hall–Kier alpha value is -1.95. The fraction of sp³-hybridized carbons (Fsp3) is 0. The largest absolute Gasteiger partial charge is 0.399 e. The average Bonchev–Trinajstić information content (AvgIpc) is 2.31. The number of hydrogen-bond donors (Lipinski definition) is 2. The number of nitrogens with zero attached hydrogens (tertiary/aromatic N) is 1. The molecule has 1 heterocycles. The molecule has 6 heteroatoms. The number of carbonyl (C=O) groups excluding carboxylic acids is 1. The summed E-state index contributed by atoms with van der Waals surface area (Å²) in [4.78, 5) is 15.9. The molecule has 0 saturated heterocycles. The average molecular weight is 310 g/mol. The SMILES string of the molecule is Nc1cc(F)cc(C(=O)Nc2ncccc2Br)c1. The molecule has 0 unspecified atom stereocenters. The molecule has 0 aliphatic rings. The lowest BCUT2D eigenvalue weighted by molar-refractivity contribution is 0.102. The van der Waals surface area contributed by atoms with E-state index in [4.69, 9.17) is 5.73 Å². The second-order valence-corrected chi connectivity index (χ2v) is 4.42. The van der Waals surface area contributed by atoms with Crippen molar-refractivity contribution in [1.29, 1.82) is 0 Å². The van der Waals surface area contributed by atoms with Crippen molar-refractivity contribution in [3.8, 4) is 0 Å². The molecule has 0 spiro atoms. The zero-order chi connectivity index (χ0) is 13.1. The summed E-state index contributed by atoms with van der Waals surface area (Å²) in [6.07, 6.45) is 1.54. The molecule has 3 N–H and O–H groups in total. The van der Waals surface area contributed by atoms with E-state index in [1.54, 1.807) is 18.3 Å². The minimum Gasteiger partial charge on any atom is -0.399 e. The highest BCUT2D eigenvalue weighted by Crippen LogP contribution is 2.19. The van der Waals surface area contributed by atoms with Gasteiger partial charge >= 0.3 is 0 Å². The normalized spacial score (nSPS) is 10.1. The van der Waals surface area contributed by atoms with E-state index in [2.05, 4.69) is 26.2 Å². The number of halogens is 2. The Morgan fingerprint density at radius 2 is 2.17 bits per heavy atom. The molecule has 0 fully saturated rings. The van der Waals surface area contributed by atoms with Gasteiger partial charge in [0.25, 0.3) is 5.91 Å². The Labute approximate surface area is 111 Å². The van der Waals surface area contributed by atoms with Crippen LogP contribution in [-0.2, 0) is 0 Å². The van der Waals surface area contributed by atoms with Crippen LogP contribution in [0.2, 0.25) is 0 Å². The summed E-state index contributed by atoms with van der Waals surface area (Å²) in [6.45, 7) is 0. The van der Waals surface area contributed by atoms with Gasteiger partial charge in [-0.15, -0.1) is 0 Å². The standard InChI is InChI=1S/C12H9BrFN3O/c13-10-2-1-3-16-11(10)17-12(18)7-4-8(14)6-9(15)5-7/h1-6H,15H2,(H,16,17,18). The Kier molecular flexibility index (Phi) is 3.57. The van der Waals surface area contributed by atoms with Crippen molar-refractivity contribution >= 4 is 33.3 Å². The van der Waals surface area contributed by atoms with Crippen LogP contribution in [0.5, 0.6) is 0 Å². The van der Waals surface area contributed by atoms with Crippen molar-refractivity contribution in [3.63, 3.8) is 0 Å². The minimum absolute atomic E-state index is 0.144. The van der Waals surface area contributed by atoms with Crippen LogP contribution in [0.4, 0.5) is 15.9 Å². The molecule has 0 saturated carbocycles. The number of benzene rings is 1. The summed E-state index contributed by atoms with van der Waals surface area (Å²) in [5.74, 6) is -0.661. The highest BCUT2D eigenvalue weighted by Gasteiger charge is 2.10. The number of nitrogen functional groups attached to an aromatic ring is 1. The first kappa shape index (κ1) is 12.5. The molecule has 1 aromatic heterocycles. The van der Waals surface area contributed by atoms with Crippen molar-refractivity contribution in [2.75, 3.05) is 11.1 Å². The van der Waals surface area contributed by atoms with E-state index in [9.17, 15) is 9.18 Å². The summed E-state index contributed by atoms with van der Waals surface area (Å²) in [5, 5.41) is 2.56. The lowest BCUT2D eigenvalue weighted by Gasteiger charge is -2.06. The fourth-order valence-electron chi connectivity index (χ4n) is 1.40. The quantitative estimate of drug-likeness (QED) is 0.838. The molecular weight excluding hydrogens is 301 g/mol. The van der Waals surface area contributed by atoms with Crippen LogP contribution in [0.1, 0.15) is 10.4 Å². The molecule has 0 atom stereocenters. The first-order valence-electron chi connectivity index (χ1n) is 5.04. The molecule has 1 amide bonds. The third-order valence-corrected chi connectivity index (χ3v) is 2.81. The first-order chi connectivity index (χ1) is 8.56. The highest BCUT2D eigenvalue weighted by atomic mass is 79.9. The second-order valence-electron chi connectivity index (χ2n) is 3.56. The number of aromatic nitrogens is 1. The third kappa shape index (κ3) is 2.84. The molecule has 18 heavy (non-hydrogen) atoms. The molecule has 0 bridgehead atoms. The van der Waals surface area contributed by atoms with Gasteiger partial charge < -0.3 is 11.1 Å². The number of nitrogens with one attached hydrogen (secondary N) is 1. The van der Waals surface area contributed by atoms with Crippen molar-refractivity contribution < 1.29 is 9.18 Å². The van der Waals surface area contributed by atoms with E-state index >= 15 is 0 Å². The second kappa shape index (κ2) is 5.14. The van der Waals surface area contributed by atoms with Gasteiger partial charge in [-0.05, 0) is 46.3 Å². The molecule has 0 aliphatic carbocycles. The molecule has 0 radical (unpaired) electrons. The first-order valence-corrected chi connectivity index (χ1v) is 5.83. The number of amides is 1. The number of rotatable bonds is 2. The Morgan fingerprint density at radius 1 is 1.39 bits per heavy atom. The summed E-state index contributed by atoms with van der Waals surface area (Å²) < 4.78 is 13.8. The molecular formula is C12H9BrFN3O. The molecule has 2 rings (SSSR count). The van der Waals surface area contributed by atoms with Crippen LogP contribution < -0.4 is 11.1 Å². The van der Waals surface area contributed by atoms with E-state index in [0.717, 1.165) is 12.1 Å². The van der Waals surface area contributed by atoms with Gasteiger partial charge in [0, 0.05) is 17.4 Å². The topological polar surface area (TPSA) is 68.0 Å². The van der Waals surface area contributed by atoms with Crippen molar-refractivity contribution in [1.82, 2.24) is 4.98 Å². The van der Waals surface area contributed by atoms with Gasteiger partial charge in [0.05, 0.1) is 4.47 Å². The Morgan fingerprint density at radius 3 is 2.83 bits per heavy atom. The van der Waals surface area contributed by atoms with Crippen LogP contribution in [-0.4, -0.2) is 10.9 Å². The summed E-state index contributed by atoms with van der Waals surface area (Å²) in [6, 6.07) is 7.12. The maximum Gasteiger partial charge on any atom is 0.257 e. The predicted octanol–water partition coefficient (Wildman–Crippen LogP) is 2.82. The third-order valence-electron chi connectivity index (χ3n) is 2.17. The number of hydrogen-bond acceptors (Lipinski definition) is 3. The van der Waals surface area contributed by atoms with Crippen molar-refractivity contribution in [2.45, 2.75) is 0 Å². The molecule has 2 aromatic rings. The van der Waals surface area contributed by atoms with Crippen molar-refractivity contribution in [3.05, 3.63) is 52.4 Å². The van der Waals surface area contributed by atoms with Crippen LogP contribution in [0.25, 0.3) is 0 Å². The lowest BCUT2D eigenvalue weighted by Crippen LogP contribution is -2.14. The lowest BCUT2D eigenvalue weighted by atomic mass is 10.2. The van der Waals surface area contributed by atoms with Gasteiger partial charge in [0.1, 0.15) is 11.6 Å². The van der Waals surface area contributed by atoms with Crippen LogP contribution in [0.3, 0.4) is 0 Å². The smallest absolute Gasteiger partial charge is 0.257 e. The number of pyridine rings is 1. The van der Waals surface area contributed by atoms with E-state index < -0.39 is 11.7 Å². The Balaban J connectivity index is 2.25. The monoisotopic (exact) mass is 309 g/mol. The van der Waals surface area contributed by atoms with Crippen LogP contribution >= 0.6 is 15.9 Å². The molecule has 92 valence electrons. The van der Waals surface area contributed by atoms with Gasteiger partial charge in [-0.2, -0.15) is 0 Å². The summed E-state index contributed by atoms with van der Waals surface area (Å²) >= 11 is 3.25. The van der Waals surface area contributed by atoms with Gasteiger partial charge in [0.2, 0.25) is 0 Å². The fourth-order valence-corrected chi connectivity index (χ4v) is 1.75. The molecule has 4 nitrogen and oxygen atoms in total. The summed E-state index contributed by atoms with van der Waals surface area (Å²) in [7, 11) is 0. The molecule has 0 aliphatic heterocycles. The van der Waals surface area contributed by atoms with E-state index in [1.807, 2.05) is 0 Å². The van der Waals surface area contributed by atoms with E-state index in [0.29, 0.717) is 10.3 Å². The van der Waals surface area contributed by atoms with Gasteiger partial charge in [-0.25, -0.2) is 9.37 Å². The Bertz CT molecular complexity index is 583. The van der Waals surface area contributed by atoms with Gasteiger partial charge in [0.15, 0.2) is 0 Å². The van der Waals surface area contributed by atoms with E-state index in [-0.39, 0.29) is 11.3 Å². The minimum atomic E-state index is -0.555. The zero-order valence-electron chi connectivity index (χ0n) is 9.15. The van der Waals surface area contributed by atoms with Crippen LogP contribution in [0, 0.1) is 5.82 Å². The van der Waals surface area contributed by atoms with Crippen LogP contribution in [0.15, 0.2) is 41.0 Å².